The lowest BCUT2D eigenvalue weighted by Crippen LogP contribution is -2.11. The number of phenols is 1. The fraction of sp³-hybridized carbons (Fsp3) is 0.158. The van der Waals surface area contributed by atoms with Crippen LogP contribution in [0.4, 0.5) is 0 Å². The van der Waals surface area contributed by atoms with E-state index in [-0.39, 0.29) is 39.8 Å². The Balaban J connectivity index is 1.32. The number of rotatable bonds is 7. The SMILES string of the molecule is [2H]c1c([2H])c([2H])c(-c2ccnc(-c3cc(-c4cccc5c4nc(-c4ccccc4O)n5-c4cc(C([2H])([2H])[2H])c(-c5ccc(C(C)(C)C)cc5)cc4-c4ccccc4)cc(C(C)(C)C)c3)c2)c([2H])c1[2H]. The van der Waals surface area contributed by atoms with Gasteiger partial charge in [-0.25, -0.2) is 4.98 Å². The number of pyridine rings is 1. The second-order valence-electron chi connectivity index (χ2n) is 17.5. The van der Waals surface area contributed by atoms with E-state index < -0.39 is 25.0 Å². The topological polar surface area (TPSA) is 50.9 Å². The molecular weight excluding hydrogens is 743 g/mol. The Morgan fingerprint density at radius 1 is 0.541 bits per heavy atom. The maximum atomic E-state index is 11.6. The van der Waals surface area contributed by atoms with Gasteiger partial charge in [-0.3, -0.25) is 9.55 Å². The van der Waals surface area contributed by atoms with Gasteiger partial charge in [-0.1, -0.05) is 157 Å². The molecule has 0 aliphatic rings. The molecule has 0 bridgehead atoms. The lowest BCUT2D eigenvalue weighted by Gasteiger charge is -2.22. The Labute approximate surface area is 371 Å². The first-order valence-electron chi connectivity index (χ1n) is 24.5. The summed E-state index contributed by atoms with van der Waals surface area (Å²) in [6.45, 7) is 10.3. The molecule has 0 aliphatic carbocycles. The average Bonchev–Trinajstić information content (AvgIpc) is 3.71. The molecule has 61 heavy (non-hydrogen) atoms. The van der Waals surface area contributed by atoms with E-state index in [9.17, 15) is 5.11 Å². The van der Waals surface area contributed by atoms with Gasteiger partial charge in [0.05, 0.1) is 34.8 Å². The van der Waals surface area contributed by atoms with Crippen molar-refractivity contribution in [1.29, 1.82) is 0 Å². The van der Waals surface area contributed by atoms with Gasteiger partial charge in [0.2, 0.25) is 0 Å². The predicted octanol–water partition coefficient (Wildman–Crippen LogP) is 15.0. The Morgan fingerprint density at radius 3 is 1.95 bits per heavy atom. The standard InChI is InChI=1S/C57H51N3O/c1-37-31-52(49(39-19-12-9-13-20-39)36-48(37)40-25-27-44(28-26-40)56(2,3)4)60-51-23-16-22-46(54(51)59-55(60)47-21-14-15-24-53(47)61)42-32-43(34-45(33-42)57(5,6)7)50-35-41(29-30-58-50)38-17-10-8-11-18-38/h8-36,61H,1-7H3/i1D3,8D,10D,11D,17D,18D. The third kappa shape index (κ3) is 7.66. The molecular formula is C57H51N3O. The van der Waals surface area contributed by atoms with E-state index in [2.05, 4.69) is 65.8 Å². The van der Waals surface area contributed by atoms with E-state index >= 15 is 0 Å². The van der Waals surface area contributed by atoms with Crippen LogP contribution in [0.3, 0.4) is 0 Å². The van der Waals surface area contributed by atoms with Crippen molar-refractivity contribution < 1.29 is 16.1 Å². The van der Waals surface area contributed by atoms with Crippen molar-refractivity contribution in [3.63, 3.8) is 0 Å². The zero-order chi connectivity index (χ0) is 49.3. The Hall–Kier alpha value is -7.04. The number of benzene rings is 7. The normalized spacial score (nSPS) is 14.0. The van der Waals surface area contributed by atoms with Crippen LogP contribution in [0, 0.1) is 6.85 Å². The van der Waals surface area contributed by atoms with Gasteiger partial charge in [-0.05, 0) is 122 Å². The predicted molar refractivity (Wildman–Crippen MR) is 255 cm³/mol. The van der Waals surface area contributed by atoms with Gasteiger partial charge in [-0.2, -0.15) is 0 Å². The number of aromatic nitrogens is 3. The van der Waals surface area contributed by atoms with Crippen LogP contribution in [0.5, 0.6) is 5.75 Å². The van der Waals surface area contributed by atoms with Crippen molar-refractivity contribution in [2.75, 3.05) is 0 Å². The molecule has 4 heteroatoms. The molecule has 300 valence electrons. The lowest BCUT2D eigenvalue weighted by atomic mass is 9.83. The summed E-state index contributed by atoms with van der Waals surface area (Å²) < 4.78 is 71.0. The average molecular weight is 802 g/mol. The van der Waals surface area contributed by atoms with Gasteiger partial charge in [0.1, 0.15) is 11.6 Å². The number of nitrogens with zero attached hydrogens (tertiary/aromatic N) is 3. The summed E-state index contributed by atoms with van der Waals surface area (Å²) in [7, 11) is 0. The van der Waals surface area contributed by atoms with Gasteiger partial charge in [0.15, 0.2) is 0 Å². The second kappa shape index (κ2) is 15.5. The molecule has 4 nitrogen and oxygen atoms in total. The van der Waals surface area contributed by atoms with Gasteiger partial charge >= 0.3 is 0 Å². The molecule has 0 radical (unpaired) electrons. The van der Waals surface area contributed by atoms with Crippen LogP contribution >= 0.6 is 0 Å². The summed E-state index contributed by atoms with van der Waals surface area (Å²) >= 11 is 0. The first-order chi connectivity index (χ1) is 32.6. The molecule has 0 saturated heterocycles. The molecule has 0 spiro atoms. The maximum absolute atomic E-state index is 11.6. The van der Waals surface area contributed by atoms with Gasteiger partial charge < -0.3 is 5.11 Å². The zero-order valence-corrected chi connectivity index (χ0v) is 35.1. The fourth-order valence-corrected chi connectivity index (χ4v) is 7.93. The van der Waals surface area contributed by atoms with Gasteiger partial charge in [0, 0.05) is 27.0 Å². The number of para-hydroxylation sites is 2. The van der Waals surface area contributed by atoms with E-state index in [1.807, 2.05) is 83.4 Å². The van der Waals surface area contributed by atoms with Crippen LogP contribution in [0.2, 0.25) is 0 Å². The minimum atomic E-state index is -2.52. The summed E-state index contributed by atoms with van der Waals surface area (Å²) in [5, 5.41) is 11.6. The van der Waals surface area contributed by atoms with Crippen LogP contribution in [0.15, 0.2) is 176 Å². The molecule has 9 rings (SSSR count). The second-order valence-corrected chi connectivity index (χ2v) is 17.5. The summed E-state index contributed by atoms with van der Waals surface area (Å²) in [6, 6.07) is 42.3. The third-order valence-corrected chi connectivity index (χ3v) is 11.3. The molecule has 0 atom stereocenters. The van der Waals surface area contributed by atoms with Crippen molar-refractivity contribution in [3.8, 4) is 78.6 Å². The Kier molecular flexibility index (Phi) is 7.87. The fourth-order valence-electron chi connectivity index (χ4n) is 7.93. The third-order valence-electron chi connectivity index (χ3n) is 11.3. The van der Waals surface area contributed by atoms with Gasteiger partial charge in [-0.15, -0.1) is 0 Å². The highest BCUT2D eigenvalue weighted by molar-refractivity contribution is 5.98. The summed E-state index contributed by atoms with van der Waals surface area (Å²) in [6.07, 6.45) is 1.58. The number of hydrogen-bond acceptors (Lipinski definition) is 3. The number of phenolic OH excluding ortho intramolecular Hbond substituents is 1. The molecule has 0 unspecified atom stereocenters. The van der Waals surface area contributed by atoms with E-state index in [1.54, 1.807) is 42.6 Å². The monoisotopic (exact) mass is 801 g/mol. The number of hydrogen-bond donors (Lipinski definition) is 1. The lowest BCUT2D eigenvalue weighted by molar-refractivity contribution is 0.477. The van der Waals surface area contributed by atoms with Crippen molar-refractivity contribution in [2.45, 2.75) is 59.2 Å². The largest absolute Gasteiger partial charge is 0.507 e. The minimum absolute atomic E-state index is 0.00515. The number of fused-ring (bicyclic) bond motifs is 1. The molecule has 0 fully saturated rings. The molecule has 1 N–H and O–H groups in total. The zero-order valence-electron chi connectivity index (χ0n) is 43.1. The quantitative estimate of drug-likeness (QED) is 0.175. The number of imidazole rings is 1. The van der Waals surface area contributed by atoms with E-state index in [1.165, 1.54) is 0 Å². The Bertz CT molecular complexity index is 3430. The first kappa shape index (κ1) is 30.9. The van der Waals surface area contributed by atoms with Crippen LogP contribution < -0.4 is 0 Å². The van der Waals surface area contributed by atoms with Gasteiger partial charge in [0.25, 0.3) is 0 Å². The van der Waals surface area contributed by atoms with E-state index in [4.69, 9.17) is 20.9 Å². The van der Waals surface area contributed by atoms with Crippen molar-refractivity contribution >= 4 is 11.0 Å². The van der Waals surface area contributed by atoms with E-state index in [0.717, 1.165) is 44.5 Å². The molecule has 2 aromatic heterocycles. The highest BCUT2D eigenvalue weighted by Crippen LogP contribution is 2.43. The van der Waals surface area contributed by atoms with Crippen LogP contribution in [0.1, 0.15) is 69.2 Å². The number of aromatic hydroxyl groups is 1. The highest BCUT2D eigenvalue weighted by Gasteiger charge is 2.25. The molecule has 0 aliphatic heterocycles. The summed E-state index contributed by atoms with van der Waals surface area (Å²) in [5.74, 6) is 0.414. The van der Waals surface area contributed by atoms with Crippen LogP contribution in [-0.4, -0.2) is 19.6 Å². The summed E-state index contributed by atoms with van der Waals surface area (Å²) in [4.78, 5) is 10.1. The van der Waals surface area contributed by atoms with Crippen molar-refractivity contribution in [3.05, 3.63) is 193 Å². The van der Waals surface area contributed by atoms with E-state index in [0.29, 0.717) is 44.9 Å². The van der Waals surface area contributed by atoms with Crippen molar-refractivity contribution in [1.82, 2.24) is 14.5 Å². The molecule has 0 saturated carbocycles. The molecule has 7 aromatic carbocycles. The smallest absolute Gasteiger partial charge is 0.149 e. The van der Waals surface area contributed by atoms with Crippen LogP contribution in [0.25, 0.3) is 83.9 Å². The molecule has 9 aromatic rings. The summed E-state index contributed by atoms with van der Waals surface area (Å²) in [5.41, 5.74) is 10.5. The molecule has 0 amide bonds. The Morgan fingerprint density at radius 2 is 1.23 bits per heavy atom. The van der Waals surface area contributed by atoms with Crippen molar-refractivity contribution in [2.24, 2.45) is 0 Å². The van der Waals surface area contributed by atoms with Crippen LogP contribution in [-0.2, 0) is 10.8 Å². The number of aryl methyl sites for hydroxylation is 1. The maximum Gasteiger partial charge on any atom is 0.149 e. The minimum Gasteiger partial charge on any atom is -0.507 e. The highest BCUT2D eigenvalue weighted by atomic mass is 16.3. The molecule has 2 heterocycles. The first-order valence-corrected chi connectivity index (χ1v) is 20.5.